The van der Waals surface area contributed by atoms with Crippen LogP contribution >= 0.6 is 0 Å². The minimum absolute atomic E-state index is 0.0368. The summed E-state index contributed by atoms with van der Waals surface area (Å²) in [6.07, 6.45) is 2.53. The van der Waals surface area contributed by atoms with Crippen LogP contribution in [0.3, 0.4) is 0 Å². The van der Waals surface area contributed by atoms with Crippen LogP contribution in [0, 0.1) is 5.92 Å². The van der Waals surface area contributed by atoms with Crippen molar-refractivity contribution in [2.24, 2.45) is 5.92 Å². The number of carboxylic acid groups (broad SMARTS) is 1. The molecule has 0 saturated heterocycles. The van der Waals surface area contributed by atoms with E-state index in [2.05, 4.69) is 5.32 Å². The summed E-state index contributed by atoms with van der Waals surface area (Å²) in [6.45, 7) is 3.24. The van der Waals surface area contributed by atoms with Crippen LogP contribution in [0.1, 0.15) is 19.8 Å². The summed E-state index contributed by atoms with van der Waals surface area (Å²) in [5.41, 5.74) is -1.70. The maximum Gasteiger partial charge on any atom is 0.336 e. The van der Waals surface area contributed by atoms with Gasteiger partial charge in [-0.1, -0.05) is 0 Å². The monoisotopic (exact) mass is 217 g/mol. The lowest BCUT2D eigenvalue weighted by Gasteiger charge is -2.18. The second kappa shape index (κ2) is 5.44. The zero-order valence-corrected chi connectivity index (χ0v) is 9.03. The lowest BCUT2D eigenvalue weighted by molar-refractivity contribution is -0.156. The van der Waals surface area contributed by atoms with Crippen LogP contribution in [0.4, 0.5) is 0 Å². The third-order valence-electron chi connectivity index (χ3n) is 2.40. The molecule has 0 aliphatic heterocycles. The first-order valence-electron chi connectivity index (χ1n) is 5.26. The van der Waals surface area contributed by atoms with Gasteiger partial charge in [-0.2, -0.15) is 0 Å². The minimum Gasteiger partial charge on any atom is -0.479 e. The SMILES string of the molecule is CC(O)(CNCCOCC1CC1)C(=O)O. The van der Waals surface area contributed by atoms with E-state index in [-0.39, 0.29) is 6.54 Å². The smallest absolute Gasteiger partial charge is 0.336 e. The van der Waals surface area contributed by atoms with Gasteiger partial charge in [0, 0.05) is 19.7 Å². The van der Waals surface area contributed by atoms with Crippen LogP contribution in [-0.4, -0.2) is 48.1 Å². The largest absolute Gasteiger partial charge is 0.479 e. The van der Waals surface area contributed by atoms with Gasteiger partial charge < -0.3 is 20.3 Å². The Morgan fingerprint density at radius 2 is 2.27 bits per heavy atom. The van der Waals surface area contributed by atoms with Crippen molar-refractivity contribution in [3.8, 4) is 0 Å². The Kier molecular flexibility index (Phi) is 4.50. The molecule has 1 atom stereocenters. The highest BCUT2D eigenvalue weighted by Gasteiger charge is 2.28. The molecule has 0 aromatic rings. The molecule has 1 aliphatic carbocycles. The van der Waals surface area contributed by atoms with Gasteiger partial charge in [-0.15, -0.1) is 0 Å². The molecule has 15 heavy (non-hydrogen) atoms. The van der Waals surface area contributed by atoms with Crippen molar-refractivity contribution >= 4 is 5.97 Å². The fraction of sp³-hybridized carbons (Fsp3) is 0.900. The summed E-state index contributed by atoms with van der Waals surface area (Å²) in [7, 11) is 0. The highest BCUT2D eigenvalue weighted by molar-refractivity contribution is 5.76. The summed E-state index contributed by atoms with van der Waals surface area (Å²) < 4.78 is 5.34. The number of hydrogen-bond acceptors (Lipinski definition) is 4. The van der Waals surface area contributed by atoms with Crippen LogP contribution in [0.2, 0.25) is 0 Å². The number of aliphatic hydroxyl groups is 1. The average Bonchev–Trinajstić information content (AvgIpc) is 2.94. The third-order valence-corrected chi connectivity index (χ3v) is 2.40. The maximum absolute atomic E-state index is 10.5. The van der Waals surface area contributed by atoms with E-state index in [1.165, 1.54) is 19.8 Å². The van der Waals surface area contributed by atoms with Crippen LogP contribution in [-0.2, 0) is 9.53 Å². The van der Waals surface area contributed by atoms with Crippen molar-refractivity contribution in [2.45, 2.75) is 25.4 Å². The molecule has 1 saturated carbocycles. The molecular formula is C10H19NO4. The summed E-state index contributed by atoms with van der Waals surface area (Å²) in [5, 5.41) is 20.8. The number of ether oxygens (including phenoxy) is 1. The van der Waals surface area contributed by atoms with Crippen molar-refractivity contribution in [3.63, 3.8) is 0 Å². The molecule has 5 heteroatoms. The van der Waals surface area contributed by atoms with Gasteiger partial charge in [-0.3, -0.25) is 0 Å². The first-order valence-corrected chi connectivity index (χ1v) is 5.26. The predicted octanol–water partition coefficient (Wildman–Crippen LogP) is -0.162. The van der Waals surface area contributed by atoms with Crippen molar-refractivity contribution in [3.05, 3.63) is 0 Å². The predicted molar refractivity (Wildman–Crippen MR) is 54.7 cm³/mol. The van der Waals surface area contributed by atoms with Gasteiger partial charge >= 0.3 is 5.97 Å². The number of carbonyl (C=O) groups is 1. The molecule has 88 valence electrons. The molecule has 0 radical (unpaired) electrons. The molecule has 0 aromatic heterocycles. The molecule has 0 heterocycles. The molecule has 0 aromatic carbocycles. The molecule has 1 unspecified atom stereocenters. The number of nitrogens with one attached hydrogen (secondary N) is 1. The van der Waals surface area contributed by atoms with Crippen molar-refractivity contribution in [1.29, 1.82) is 0 Å². The van der Waals surface area contributed by atoms with E-state index in [4.69, 9.17) is 9.84 Å². The number of hydrogen-bond donors (Lipinski definition) is 3. The third kappa shape index (κ3) is 5.11. The van der Waals surface area contributed by atoms with Crippen molar-refractivity contribution < 1.29 is 19.7 Å². The first kappa shape index (κ1) is 12.4. The van der Waals surface area contributed by atoms with Gasteiger partial charge in [-0.05, 0) is 25.7 Å². The normalized spacial score (nSPS) is 19.9. The second-order valence-corrected chi connectivity index (χ2v) is 4.27. The van der Waals surface area contributed by atoms with E-state index in [1.54, 1.807) is 0 Å². The summed E-state index contributed by atoms with van der Waals surface area (Å²) >= 11 is 0. The Morgan fingerprint density at radius 1 is 1.60 bits per heavy atom. The van der Waals surface area contributed by atoms with E-state index < -0.39 is 11.6 Å². The zero-order valence-electron chi connectivity index (χ0n) is 9.03. The zero-order chi connectivity index (χ0) is 11.3. The highest BCUT2D eigenvalue weighted by atomic mass is 16.5. The Balaban J connectivity index is 1.93. The fourth-order valence-electron chi connectivity index (χ4n) is 1.09. The standard InChI is InChI=1S/C10H19NO4/c1-10(14,9(12)13)7-11-4-5-15-6-8-2-3-8/h8,11,14H,2-7H2,1H3,(H,12,13). The molecule has 1 fully saturated rings. The summed E-state index contributed by atoms with van der Waals surface area (Å²) in [5.74, 6) is -0.471. The average molecular weight is 217 g/mol. The van der Waals surface area contributed by atoms with E-state index in [1.807, 2.05) is 0 Å². The second-order valence-electron chi connectivity index (χ2n) is 4.27. The van der Waals surface area contributed by atoms with Crippen LogP contribution in [0.25, 0.3) is 0 Å². The number of carboxylic acids is 1. The van der Waals surface area contributed by atoms with Crippen LogP contribution < -0.4 is 5.32 Å². The van der Waals surface area contributed by atoms with Gasteiger partial charge in [0.2, 0.25) is 0 Å². The number of aliphatic carboxylic acids is 1. The summed E-state index contributed by atoms with van der Waals surface area (Å²) in [6, 6.07) is 0. The molecule has 0 bridgehead atoms. The lowest BCUT2D eigenvalue weighted by Crippen LogP contribution is -2.45. The van der Waals surface area contributed by atoms with Crippen molar-refractivity contribution in [1.82, 2.24) is 5.32 Å². The van der Waals surface area contributed by atoms with Gasteiger partial charge in [0.1, 0.15) is 0 Å². The molecular weight excluding hydrogens is 198 g/mol. The molecule has 1 aliphatic rings. The Labute approximate surface area is 89.4 Å². The highest BCUT2D eigenvalue weighted by Crippen LogP contribution is 2.28. The molecule has 0 amide bonds. The van der Waals surface area contributed by atoms with E-state index in [0.717, 1.165) is 12.5 Å². The molecule has 3 N–H and O–H groups in total. The topological polar surface area (TPSA) is 78.8 Å². The lowest BCUT2D eigenvalue weighted by atomic mass is 10.1. The van der Waals surface area contributed by atoms with E-state index in [9.17, 15) is 9.90 Å². The first-order chi connectivity index (χ1) is 7.02. The van der Waals surface area contributed by atoms with Gasteiger partial charge in [-0.25, -0.2) is 4.79 Å². The van der Waals surface area contributed by atoms with Crippen molar-refractivity contribution in [2.75, 3.05) is 26.3 Å². The minimum atomic E-state index is -1.70. The van der Waals surface area contributed by atoms with E-state index in [0.29, 0.717) is 13.2 Å². The number of rotatable bonds is 8. The molecule has 0 spiro atoms. The fourth-order valence-corrected chi connectivity index (χ4v) is 1.09. The summed E-state index contributed by atoms with van der Waals surface area (Å²) in [4.78, 5) is 10.5. The van der Waals surface area contributed by atoms with Crippen LogP contribution in [0.15, 0.2) is 0 Å². The van der Waals surface area contributed by atoms with Gasteiger partial charge in [0.25, 0.3) is 0 Å². The molecule has 1 rings (SSSR count). The van der Waals surface area contributed by atoms with E-state index >= 15 is 0 Å². The van der Waals surface area contributed by atoms with Gasteiger partial charge in [0.05, 0.1) is 6.61 Å². The Hall–Kier alpha value is -0.650. The Bertz CT molecular complexity index is 213. The maximum atomic E-state index is 10.5. The van der Waals surface area contributed by atoms with Gasteiger partial charge in [0.15, 0.2) is 5.60 Å². The molecule has 5 nitrogen and oxygen atoms in total. The quantitative estimate of drug-likeness (QED) is 0.492. The van der Waals surface area contributed by atoms with Crippen LogP contribution in [0.5, 0.6) is 0 Å². The Morgan fingerprint density at radius 3 is 2.80 bits per heavy atom.